The van der Waals surface area contributed by atoms with E-state index in [9.17, 15) is 10.2 Å². The summed E-state index contributed by atoms with van der Waals surface area (Å²) in [6, 6.07) is 28.0. The molecule has 5 aromatic carbocycles. The van der Waals surface area contributed by atoms with Crippen molar-refractivity contribution >= 4 is 16.8 Å². The van der Waals surface area contributed by atoms with Crippen molar-refractivity contribution in [3.63, 3.8) is 0 Å². The van der Waals surface area contributed by atoms with E-state index in [-0.39, 0.29) is 19.8 Å². The van der Waals surface area contributed by atoms with Gasteiger partial charge >= 0.3 is 0 Å². The molecule has 8 nitrogen and oxygen atoms in total. The van der Waals surface area contributed by atoms with Gasteiger partial charge in [0.2, 0.25) is 0 Å². The molecule has 2 aliphatic rings. The second-order valence-corrected chi connectivity index (χ2v) is 11.7. The molecule has 7 rings (SSSR count). The molecule has 246 valence electrons. The first kappa shape index (κ1) is 31.7. The smallest absolute Gasteiger partial charge is 0.178 e. The van der Waals surface area contributed by atoms with Crippen LogP contribution < -0.4 is 18.9 Å². The molecule has 1 aliphatic heterocycles. The topological polar surface area (TPSA) is 95.8 Å². The van der Waals surface area contributed by atoms with Crippen LogP contribution in [0.4, 0.5) is 0 Å². The summed E-state index contributed by atoms with van der Waals surface area (Å²) in [7, 11) is 4.97. The number of rotatable bonds is 12. The lowest BCUT2D eigenvalue weighted by molar-refractivity contribution is 0.0115. The molecule has 8 heteroatoms. The number of methoxy groups -OCH3 is 3. The summed E-state index contributed by atoms with van der Waals surface area (Å²) < 4.78 is 36.2. The highest BCUT2D eigenvalue weighted by molar-refractivity contribution is 6.08. The Labute approximate surface area is 279 Å². The molecule has 48 heavy (non-hydrogen) atoms. The normalized spacial score (nSPS) is 15.4. The van der Waals surface area contributed by atoms with Gasteiger partial charge in [0.05, 0.1) is 54.4 Å². The Bertz CT molecular complexity index is 1920. The van der Waals surface area contributed by atoms with Gasteiger partial charge in [-0.25, -0.2) is 0 Å². The molecule has 0 saturated carbocycles. The molecule has 0 radical (unpaired) electrons. The maximum absolute atomic E-state index is 10.1. The third kappa shape index (κ3) is 5.37. The first-order valence-electron chi connectivity index (χ1n) is 15.9. The summed E-state index contributed by atoms with van der Waals surface area (Å²) in [5.74, 6) is 2.92. The van der Waals surface area contributed by atoms with Crippen LogP contribution in [0.3, 0.4) is 0 Å². The standard InChI is InChI=1S/C40H38O8/c1-43-28-9-5-26(6-10-28)40(27-7-11-29(44-2)12-8-27)17-16-33-37-36(32-15-13-30(45-3)23-35(32)38(33)48-40)31-14-4-25(24-42)22-34(31)39(37)47-21-20-46-19-18-41/h4-17,22-23,39,41-42H,18-21,24H2,1-3H3. The van der Waals surface area contributed by atoms with Crippen molar-refractivity contribution in [3.8, 4) is 34.1 Å². The van der Waals surface area contributed by atoms with E-state index in [0.717, 1.165) is 66.8 Å². The third-order valence-corrected chi connectivity index (χ3v) is 9.19. The fraction of sp³-hybridized carbons (Fsp3) is 0.250. The molecule has 1 atom stereocenters. The van der Waals surface area contributed by atoms with Crippen LogP contribution in [0.1, 0.15) is 39.5 Å². The Morgan fingerprint density at radius 2 is 1.38 bits per heavy atom. The molecule has 1 heterocycles. The average molecular weight is 647 g/mol. The predicted molar refractivity (Wildman–Crippen MR) is 184 cm³/mol. The van der Waals surface area contributed by atoms with Gasteiger partial charge in [0.25, 0.3) is 0 Å². The van der Waals surface area contributed by atoms with Gasteiger partial charge in [-0.05, 0) is 82.2 Å². The Balaban J connectivity index is 1.47. The number of fused-ring (bicyclic) bond motifs is 8. The highest BCUT2D eigenvalue weighted by Gasteiger charge is 2.42. The Hall–Kier alpha value is -4.86. The van der Waals surface area contributed by atoms with E-state index in [1.165, 1.54) is 0 Å². The van der Waals surface area contributed by atoms with E-state index in [1.807, 2.05) is 72.8 Å². The lowest BCUT2D eigenvalue weighted by Gasteiger charge is -2.38. The second kappa shape index (κ2) is 13.3. The quantitative estimate of drug-likeness (QED) is 0.143. The van der Waals surface area contributed by atoms with Crippen LogP contribution >= 0.6 is 0 Å². The molecule has 1 unspecified atom stereocenters. The van der Waals surface area contributed by atoms with Crippen LogP contribution in [0, 0.1) is 0 Å². The zero-order valence-corrected chi connectivity index (χ0v) is 27.2. The molecular weight excluding hydrogens is 608 g/mol. The van der Waals surface area contributed by atoms with Crippen LogP contribution in [0.25, 0.3) is 28.0 Å². The number of aliphatic hydroxyl groups excluding tert-OH is 2. The van der Waals surface area contributed by atoms with Crippen molar-refractivity contribution in [2.24, 2.45) is 0 Å². The number of aliphatic hydroxyl groups is 2. The van der Waals surface area contributed by atoms with Crippen molar-refractivity contribution in [1.82, 2.24) is 0 Å². The van der Waals surface area contributed by atoms with Gasteiger partial charge in [-0.3, -0.25) is 0 Å². The first-order chi connectivity index (χ1) is 23.5. The number of hydrogen-bond donors (Lipinski definition) is 2. The number of ether oxygens (including phenoxy) is 6. The van der Waals surface area contributed by atoms with Gasteiger partial charge in [-0.15, -0.1) is 0 Å². The molecule has 0 fully saturated rings. The molecule has 1 aliphatic carbocycles. The van der Waals surface area contributed by atoms with Crippen LogP contribution in [0.15, 0.2) is 91.0 Å². The molecule has 0 saturated heterocycles. The molecular formula is C40H38O8. The van der Waals surface area contributed by atoms with Crippen LogP contribution in [-0.4, -0.2) is 58.0 Å². The number of benzene rings is 5. The third-order valence-electron chi connectivity index (χ3n) is 9.19. The predicted octanol–water partition coefficient (Wildman–Crippen LogP) is 6.80. The summed E-state index contributed by atoms with van der Waals surface area (Å²) in [6.45, 7) is 0.756. The van der Waals surface area contributed by atoms with Gasteiger partial charge in [-0.2, -0.15) is 0 Å². The summed E-state index contributed by atoms with van der Waals surface area (Å²) in [5, 5.41) is 21.2. The minimum Gasteiger partial charge on any atom is -0.497 e. The highest BCUT2D eigenvalue weighted by atomic mass is 16.5. The second-order valence-electron chi connectivity index (χ2n) is 11.7. The van der Waals surface area contributed by atoms with Gasteiger partial charge in [0.15, 0.2) is 5.60 Å². The summed E-state index contributed by atoms with van der Waals surface area (Å²) >= 11 is 0. The van der Waals surface area contributed by atoms with Gasteiger partial charge in [0.1, 0.15) is 29.1 Å². The lowest BCUT2D eigenvalue weighted by atomic mass is 9.81. The zero-order chi connectivity index (χ0) is 33.3. The van der Waals surface area contributed by atoms with E-state index >= 15 is 0 Å². The summed E-state index contributed by atoms with van der Waals surface area (Å²) in [4.78, 5) is 0. The first-order valence-corrected chi connectivity index (χ1v) is 15.9. The maximum atomic E-state index is 10.1. The Morgan fingerprint density at radius 1 is 0.708 bits per heavy atom. The summed E-state index contributed by atoms with van der Waals surface area (Å²) in [5.41, 5.74) is 6.64. The number of hydrogen-bond acceptors (Lipinski definition) is 8. The van der Waals surface area contributed by atoms with Gasteiger partial charge in [-0.1, -0.05) is 42.5 Å². The maximum Gasteiger partial charge on any atom is 0.178 e. The van der Waals surface area contributed by atoms with Crippen LogP contribution in [-0.2, 0) is 21.7 Å². The van der Waals surface area contributed by atoms with Crippen LogP contribution in [0.2, 0.25) is 0 Å². The Kier molecular flexibility index (Phi) is 8.81. The minimum atomic E-state index is -0.986. The van der Waals surface area contributed by atoms with Gasteiger partial charge < -0.3 is 38.6 Å². The summed E-state index contributed by atoms with van der Waals surface area (Å²) in [6.07, 6.45) is 3.80. The zero-order valence-electron chi connectivity index (χ0n) is 27.2. The van der Waals surface area contributed by atoms with Gasteiger partial charge in [0, 0.05) is 27.6 Å². The lowest BCUT2D eigenvalue weighted by Crippen LogP contribution is -2.34. The van der Waals surface area contributed by atoms with Crippen molar-refractivity contribution < 1.29 is 38.6 Å². The molecule has 0 aromatic heterocycles. The molecule has 0 spiro atoms. The SMILES string of the molecule is COc1ccc(C2(c3ccc(OC)cc3)C=Cc3c4c(c5ccc(OC)cc5c3O2)-c2ccc(CO)cc2C4OCCOCCO)cc1. The van der Waals surface area contributed by atoms with E-state index < -0.39 is 11.7 Å². The van der Waals surface area contributed by atoms with Crippen molar-refractivity contribution in [2.45, 2.75) is 18.3 Å². The monoisotopic (exact) mass is 646 g/mol. The van der Waals surface area contributed by atoms with E-state index in [2.05, 4.69) is 24.3 Å². The fourth-order valence-corrected chi connectivity index (χ4v) is 6.87. The fourth-order valence-electron chi connectivity index (χ4n) is 6.87. The van der Waals surface area contributed by atoms with E-state index in [0.29, 0.717) is 24.7 Å². The molecule has 2 N–H and O–H groups in total. The molecule has 5 aromatic rings. The Morgan fingerprint density at radius 3 is 2.00 bits per heavy atom. The van der Waals surface area contributed by atoms with Crippen molar-refractivity contribution in [1.29, 1.82) is 0 Å². The molecule has 0 amide bonds. The van der Waals surface area contributed by atoms with E-state index in [4.69, 9.17) is 28.4 Å². The van der Waals surface area contributed by atoms with Crippen molar-refractivity contribution in [3.05, 3.63) is 124 Å². The van der Waals surface area contributed by atoms with Crippen LogP contribution in [0.5, 0.6) is 23.0 Å². The average Bonchev–Trinajstić information content (AvgIpc) is 3.47. The molecule has 0 bridgehead atoms. The largest absolute Gasteiger partial charge is 0.497 e. The van der Waals surface area contributed by atoms with Crippen molar-refractivity contribution in [2.75, 3.05) is 47.8 Å². The van der Waals surface area contributed by atoms with E-state index in [1.54, 1.807) is 21.3 Å². The minimum absolute atomic E-state index is 0.0514. The highest BCUT2D eigenvalue weighted by Crippen LogP contribution is 2.57.